The molecule has 1 amide bonds. The maximum Gasteiger partial charge on any atom is 0.416 e. The smallest absolute Gasteiger partial charge is 0.399 e. The van der Waals surface area contributed by atoms with Gasteiger partial charge in [0.15, 0.2) is 0 Å². The van der Waals surface area contributed by atoms with Crippen molar-refractivity contribution in [1.29, 1.82) is 0 Å². The minimum absolute atomic E-state index is 0.0233. The van der Waals surface area contributed by atoms with Gasteiger partial charge in [-0.25, -0.2) is 0 Å². The van der Waals surface area contributed by atoms with Crippen LogP contribution in [-0.4, -0.2) is 30.4 Å². The van der Waals surface area contributed by atoms with E-state index in [4.69, 9.17) is 5.73 Å². The predicted molar refractivity (Wildman–Crippen MR) is 117 cm³/mol. The fourth-order valence-corrected chi connectivity index (χ4v) is 3.92. The molecule has 0 radical (unpaired) electrons. The zero-order chi connectivity index (χ0) is 23.9. The molecule has 0 saturated heterocycles. The molecule has 0 aliphatic carbocycles. The Morgan fingerprint density at radius 1 is 1.21 bits per heavy atom. The Morgan fingerprint density at radius 2 is 1.97 bits per heavy atom. The molecule has 3 aromatic rings. The van der Waals surface area contributed by atoms with Crippen LogP contribution in [-0.2, 0) is 37.0 Å². The number of nitrogen functional groups attached to an aromatic ring is 1. The summed E-state index contributed by atoms with van der Waals surface area (Å²) in [7, 11) is 0. The van der Waals surface area contributed by atoms with Gasteiger partial charge in [-0.3, -0.25) is 9.20 Å². The van der Waals surface area contributed by atoms with Gasteiger partial charge in [0, 0.05) is 29.8 Å². The SMILES string of the molecule is C=C(CC)C(=O)N1Cc2c(NCc3cc(N)cc(C(F)(F)F)c3)nc3nnc(CC)n3c2C1. The third-order valence-corrected chi connectivity index (χ3v) is 5.65. The van der Waals surface area contributed by atoms with Crippen molar-refractivity contribution in [2.45, 2.75) is 52.5 Å². The van der Waals surface area contributed by atoms with Crippen LogP contribution in [0.2, 0.25) is 0 Å². The molecule has 0 bridgehead atoms. The molecule has 0 fully saturated rings. The lowest BCUT2D eigenvalue weighted by molar-refractivity contribution is -0.137. The second kappa shape index (κ2) is 8.38. The zero-order valence-corrected chi connectivity index (χ0v) is 18.3. The first-order valence-corrected chi connectivity index (χ1v) is 10.6. The molecule has 3 heterocycles. The van der Waals surface area contributed by atoms with Crippen LogP contribution < -0.4 is 11.1 Å². The largest absolute Gasteiger partial charge is 0.416 e. The number of fused-ring (bicyclic) bond motifs is 3. The number of rotatable bonds is 6. The second-order valence-corrected chi connectivity index (χ2v) is 7.92. The van der Waals surface area contributed by atoms with E-state index in [2.05, 4.69) is 27.1 Å². The molecule has 4 rings (SSSR count). The Morgan fingerprint density at radius 3 is 2.64 bits per heavy atom. The summed E-state index contributed by atoms with van der Waals surface area (Å²) in [6.45, 7) is 8.35. The van der Waals surface area contributed by atoms with Gasteiger partial charge in [-0.1, -0.05) is 20.4 Å². The number of alkyl halides is 3. The molecule has 0 unspecified atom stereocenters. The first-order valence-electron chi connectivity index (χ1n) is 10.6. The van der Waals surface area contributed by atoms with Crippen LogP contribution in [0.25, 0.3) is 5.78 Å². The van der Waals surface area contributed by atoms with Gasteiger partial charge in [-0.2, -0.15) is 18.2 Å². The maximum absolute atomic E-state index is 13.2. The highest BCUT2D eigenvalue weighted by Gasteiger charge is 2.32. The maximum atomic E-state index is 13.2. The molecule has 2 aromatic heterocycles. The van der Waals surface area contributed by atoms with Crippen LogP contribution >= 0.6 is 0 Å². The van der Waals surface area contributed by atoms with Gasteiger partial charge < -0.3 is 16.0 Å². The lowest BCUT2D eigenvalue weighted by Gasteiger charge is -2.16. The highest BCUT2D eigenvalue weighted by molar-refractivity contribution is 5.93. The number of halogens is 3. The number of nitrogens with zero attached hydrogens (tertiary/aromatic N) is 5. The zero-order valence-electron chi connectivity index (χ0n) is 18.3. The van der Waals surface area contributed by atoms with Crippen molar-refractivity contribution < 1.29 is 18.0 Å². The van der Waals surface area contributed by atoms with Crippen molar-refractivity contribution >= 4 is 23.2 Å². The Balaban J connectivity index is 1.70. The fourth-order valence-electron chi connectivity index (χ4n) is 3.92. The molecule has 11 heteroatoms. The Hall–Kier alpha value is -3.63. The van der Waals surface area contributed by atoms with Crippen molar-refractivity contribution in [3.63, 3.8) is 0 Å². The Kier molecular flexibility index (Phi) is 5.73. The molecule has 0 atom stereocenters. The molecule has 1 aliphatic heterocycles. The van der Waals surface area contributed by atoms with Gasteiger partial charge >= 0.3 is 6.18 Å². The predicted octanol–water partition coefficient (Wildman–Crippen LogP) is 3.71. The molecule has 0 spiro atoms. The number of hydrogen-bond acceptors (Lipinski definition) is 6. The normalized spacial score (nSPS) is 13.4. The Labute approximate surface area is 188 Å². The summed E-state index contributed by atoms with van der Waals surface area (Å²) in [5, 5.41) is 11.4. The lowest BCUT2D eigenvalue weighted by Crippen LogP contribution is -2.26. The summed E-state index contributed by atoms with van der Waals surface area (Å²) in [4.78, 5) is 19.0. The van der Waals surface area contributed by atoms with E-state index in [1.54, 1.807) is 4.90 Å². The van der Waals surface area contributed by atoms with Crippen LogP contribution in [0.15, 0.2) is 30.4 Å². The number of benzene rings is 1. The minimum Gasteiger partial charge on any atom is -0.399 e. The molecular weight excluding hydrogens is 435 g/mol. The molecule has 0 saturated carbocycles. The van der Waals surface area contributed by atoms with E-state index in [9.17, 15) is 18.0 Å². The lowest BCUT2D eigenvalue weighted by atomic mass is 10.1. The van der Waals surface area contributed by atoms with Crippen molar-refractivity contribution in [3.8, 4) is 0 Å². The quantitative estimate of drug-likeness (QED) is 0.431. The van der Waals surface area contributed by atoms with Crippen molar-refractivity contribution in [1.82, 2.24) is 24.5 Å². The van der Waals surface area contributed by atoms with Crippen molar-refractivity contribution in [2.75, 3.05) is 11.1 Å². The third-order valence-electron chi connectivity index (χ3n) is 5.65. The first kappa shape index (κ1) is 22.6. The summed E-state index contributed by atoms with van der Waals surface area (Å²) in [6, 6.07) is 3.43. The summed E-state index contributed by atoms with van der Waals surface area (Å²) in [5.41, 5.74) is 7.35. The standard InChI is InChI=1S/C22H24F3N7O/c1-4-12(3)20(33)31-10-16-17(11-31)32-18(5-2)29-30-21(32)28-19(16)27-9-13-6-14(22(23,24)25)8-15(26)7-13/h6-8H,3-5,9-11,26H2,1-2H3,(H,27,28,30). The summed E-state index contributed by atoms with van der Waals surface area (Å²) in [6.07, 6.45) is -3.33. The molecular formula is C22H24F3N7O. The van der Waals surface area contributed by atoms with Crippen LogP contribution in [0, 0.1) is 0 Å². The van der Waals surface area contributed by atoms with E-state index in [-0.39, 0.29) is 18.1 Å². The monoisotopic (exact) mass is 459 g/mol. The molecule has 33 heavy (non-hydrogen) atoms. The molecule has 1 aliphatic rings. The summed E-state index contributed by atoms with van der Waals surface area (Å²) < 4.78 is 41.3. The van der Waals surface area contributed by atoms with Crippen LogP contribution in [0.4, 0.5) is 24.7 Å². The van der Waals surface area contributed by atoms with E-state index in [1.807, 2.05) is 18.2 Å². The average Bonchev–Trinajstić information content (AvgIpc) is 3.39. The highest BCUT2D eigenvalue weighted by Crippen LogP contribution is 2.33. The number of anilines is 2. The molecule has 8 nitrogen and oxygen atoms in total. The van der Waals surface area contributed by atoms with E-state index >= 15 is 0 Å². The van der Waals surface area contributed by atoms with E-state index in [1.165, 1.54) is 6.07 Å². The van der Waals surface area contributed by atoms with Gasteiger partial charge in [0.25, 0.3) is 5.78 Å². The highest BCUT2D eigenvalue weighted by atomic mass is 19.4. The number of carbonyl (C=O) groups excluding carboxylic acids is 1. The number of nitrogens with one attached hydrogen (secondary N) is 1. The molecule has 3 N–H and O–H groups in total. The number of aromatic nitrogens is 4. The summed E-state index contributed by atoms with van der Waals surface area (Å²) in [5.74, 6) is 1.38. The molecule has 174 valence electrons. The van der Waals surface area contributed by atoms with E-state index in [0.29, 0.717) is 48.7 Å². The van der Waals surface area contributed by atoms with Crippen molar-refractivity contribution in [3.05, 3.63) is 58.6 Å². The molecule has 1 aromatic carbocycles. The number of nitrogens with two attached hydrogens (primary N) is 1. The van der Waals surface area contributed by atoms with Gasteiger partial charge in [0.05, 0.1) is 24.3 Å². The second-order valence-electron chi connectivity index (χ2n) is 7.92. The van der Waals surface area contributed by atoms with Crippen LogP contribution in [0.1, 0.15) is 48.5 Å². The van der Waals surface area contributed by atoms with Crippen LogP contribution in [0.5, 0.6) is 0 Å². The minimum atomic E-state index is -4.50. The van der Waals surface area contributed by atoms with Gasteiger partial charge in [-0.15, -0.1) is 10.2 Å². The first-order chi connectivity index (χ1) is 15.6. The number of amides is 1. The summed E-state index contributed by atoms with van der Waals surface area (Å²) >= 11 is 0. The van der Waals surface area contributed by atoms with Gasteiger partial charge in [0.1, 0.15) is 11.6 Å². The van der Waals surface area contributed by atoms with Crippen molar-refractivity contribution in [2.24, 2.45) is 0 Å². The van der Waals surface area contributed by atoms with Gasteiger partial charge in [-0.05, 0) is 30.2 Å². The number of carbonyl (C=O) groups is 1. The average molecular weight is 459 g/mol. The fraction of sp³-hybridized carbons (Fsp3) is 0.364. The topological polar surface area (TPSA) is 101 Å². The number of hydrogen-bond donors (Lipinski definition) is 2. The third kappa shape index (κ3) is 4.22. The number of aryl methyl sites for hydroxylation is 1. The van der Waals surface area contributed by atoms with E-state index in [0.717, 1.165) is 29.2 Å². The Bertz CT molecular complexity index is 1250. The van der Waals surface area contributed by atoms with Gasteiger partial charge in [0.2, 0.25) is 5.91 Å². The van der Waals surface area contributed by atoms with Crippen LogP contribution in [0.3, 0.4) is 0 Å². The van der Waals surface area contributed by atoms with E-state index < -0.39 is 11.7 Å².